The van der Waals surface area contributed by atoms with Crippen LogP contribution >= 0.6 is 24.0 Å². The number of aromatic nitrogens is 1. The van der Waals surface area contributed by atoms with Gasteiger partial charge in [-0.25, -0.2) is 0 Å². The number of hydrogen-bond donors (Lipinski definition) is 1. The summed E-state index contributed by atoms with van der Waals surface area (Å²) < 4.78 is 11.5. The van der Waals surface area contributed by atoms with Crippen molar-refractivity contribution in [2.45, 2.75) is 19.7 Å². The summed E-state index contributed by atoms with van der Waals surface area (Å²) in [6.07, 6.45) is 3.58. The van der Waals surface area contributed by atoms with Crippen LogP contribution in [-0.2, 0) is 19.7 Å². The van der Waals surface area contributed by atoms with E-state index in [0.29, 0.717) is 23.9 Å². The Labute approximate surface area is 170 Å². The van der Waals surface area contributed by atoms with E-state index in [1.165, 1.54) is 5.56 Å². The average molecular weight is 405 g/mol. The number of rotatable bonds is 8. The molecular formula is C21H22Cl2N2O2. The molecule has 2 aromatic carbocycles. The molecule has 1 N–H and O–H groups in total. The molecular weight excluding hydrogens is 383 g/mol. The van der Waals surface area contributed by atoms with Crippen LogP contribution in [0.4, 0.5) is 0 Å². The molecule has 3 rings (SSSR count). The second-order valence-electron chi connectivity index (χ2n) is 5.79. The summed E-state index contributed by atoms with van der Waals surface area (Å²) in [5, 5.41) is 4.12. The molecule has 0 amide bonds. The zero-order valence-corrected chi connectivity index (χ0v) is 16.6. The van der Waals surface area contributed by atoms with Gasteiger partial charge in [-0.2, -0.15) is 0 Å². The summed E-state index contributed by atoms with van der Waals surface area (Å²) in [5.41, 5.74) is 3.16. The van der Waals surface area contributed by atoms with Crippen molar-refractivity contribution >= 4 is 24.0 Å². The Morgan fingerprint density at radius 3 is 2.41 bits per heavy atom. The highest BCUT2D eigenvalue weighted by atomic mass is 35.5. The maximum absolute atomic E-state index is 6.23. The van der Waals surface area contributed by atoms with Gasteiger partial charge >= 0.3 is 0 Å². The lowest BCUT2D eigenvalue weighted by molar-refractivity contribution is 0.280. The molecule has 0 radical (unpaired) electrons. The SMILES string of the molecule is COc1cccc(CNCc2ccncc2)c1OCc1ccccc1Cl.Cl. The van der Waals surface area contributed by atoms with E-state index in [1.807, 2.05) is 54.6 Å². The molecule has 0 saturated carbocycles. The zero-order valence-electron chi connectivity index (χ0n) is 15.0. The van der Waals surface area contributed by atoms with E-state index >= 15 is 0 Å². The fourth-order valence-electron chi connectivity index (χ4n) is 2.63. The first-order valence-electron chi connectivity index (χ1n) is 8.39. The maximum Gasteiger partial charge on any atom is 0.166 e. The Hall–Kier alpha value is -2.27. The minimum Gasteiger partial charge on any atom is -0.493 e. The van der Waals surface area contributed by atoms with Gasteiger partial charge in [0, 0.05) is 41.6 Å². The van der Waals surface area contributed by atoms with E-state index < -0.39 is 0 Å². The van der Waals surface area contributed by atoms with Crippen molar-refractivity contribution in [1.29, 1.82) is 0 Å². The van der Waals surface area contributed by atoms with Gasteiger partial charge in [-0.05, 0) is 29.8 Å². The standard InChI is InChI=1S/C21H21ClN2O2.ClH/c1-25-20-8-4-6-17(14-24-13-16-9-11-23-12-10-16)21(20)26-15-18-5-2-3-7-19(18)22;/h2-12,24H,13-15H2,1H3;1H. The molecule has 0 atom stereocenters. The van der Waals surface area contributed by atoms with Crippen LogP contribution in [-0.4, -0.2) is 12.1 Å². The van der Waals surface area contributed by atoms with Crippen LogP contribution < -0.4 is 14.8 Å². The molecule has 0 unspecified atom stereocenters. The maximum atomic E-state index is 6.23. The molecule has 0 saturated heterocycles. The summed E-state index contributed by atoms with van der Waals surface area (Å²) in [4.78, 5) is 4.03. The summed E-state index contributed by atoms with van der Waals surface area (Å²) in [5.74, 6) is 1.44. The molecule has 0 bridgehead atoms. The molecule has 4 nitrogen and oxygen atoms in total. The quantitative estimate of drug-likeness (QED) is 0.571. The van der Waals surface area contributed by atoms with Gasteiger partial charge in [0.2, 0.25) is 0 Å². The van der Waals surface area contributed by atoms with Gasteiger partial charge in [0.15, 0.2) is 11.5 Å². The Kier molecular flexibility index (Phi) is 8.40. The van der Waals surface area contributed by atoms with Crippen LogP contribution in [0.5, 0.6) is 11.5 Å². The number of methoxy groups -OCH3 is 1. The van der Waals surface area contributed by atoms with Crippen LogP contribution in [0.3, 0.4) is 0 Å². The third-order valence-electron chi connectivity index (χ3n) is 4.00. The van der Waals surface area contributed by atoms with Gasteiger partial charge in [0.25, 0.3) is 0 Å². The first-order valence-corrected chi connectivity index (χ1v) is 8.77. The number of halogens is 2. The van der Waals surface area contributed by atoms with E-state index in [-0.39, 0.29) is 12.4 Å². The number of nitrogens with zero attached hydrogens (tertiary/aromatic N) is 1. The number of para-hydroxylation sites is 1. The van der Waals surface area contributed by atoms with E-state index in [9.17, 15) is 0 Å². The van der Waals surface area contributed by atoms with Crippen molar-refractivity contribution in [2.75, 3.05) is 7.11 Å². The molecule has 0 aliphatic rings. The van der Waals surface area contributed by atoms with Gasteiger partial charge in [0.1, 0.15) is 6.61 Å². The molecule has 0 spiro atoms. The molecule has 0 aliphatic heterocycles. The smallest absolute Gasteiger partial charge is 0.166 e. The van der Waals surface area contributed by atoms with Crippen molar-refractivity contribution in [3.8, 4) is 11.5 Å². The molecule has 3 aromatic rings. The van der Waals surface area contributed by atoms with Crippen LogP contribution in [0.2, 0.25) is 5.02 Å². The predicted molar refractivity (Wildman–Crippen MR) is 111 cm³/mol. The normalized spacial score (nSPS) is 10.1. The molecule has 27 heavy (non-hydrogen) atoms. The molecule has 0 fully saturated rings. The third kappa shape index (κ3) is 5.86. The summed E-state index contributed by atoms with van der Waals surface area (Å²) in [6, 6.07) is 17.6. The highest BCUT2D eigenvalue weighted by Gasteiger charge is 2.11. The fourth-order valence-corrected chi connectivity index (χ4v) is 2.82. The molecule has 1 aromatic heterocycles. The lowest BCUT2D eigenvalue weighted by Gasteiger charge is -2.16. The summed E-state index contributed by atoms with van der Waals surface area (Å²) >= 11 is 6.23. The molecule has 0 aliphatic carbocycles. The second kappa shape index (κ2) is 10.8. The number of nitrogens with one attached hydrogen (secondary N) is 1. The monoisotopic (exact) mass is 404 g/mol. The Morgan fingerprint density at radius 1 is 0.926 bits per heavy atom. The summed E-state index contributed by atoms with van der Waals surface area (Å²) in [7, 11) is 1.64. The van der Waals surface area contributed by atoms with E-state index in [0.717, 1.165) is 23.4 Å². The highest BCUT2D eigenvalue weighted by Crippen LogP contribution is 2.32. The van der Waals surface area contributed by atoms with Crippen molar-refractivity contribution in [2.24, 2.45) is 0 Å². The molecule has 6 heteroatoms. The number of hydrogen-bond acceptors (Lipinski definition) is 4. The van der Waals surface area contributed by atoms with Crippen LogP contribution in [0.25, 0.3) is 0 Å². The number of benzene rings is 2. The van der Waals surface area contributed by atoms with Gasteiger partial charge in [-0.1, -0.05) is 41.9 Å². The van der Waals surface area contributed by atoms with Gasteiger partial charge in [0.05, 0.1) is 7.11 Å². The van der Waals surface area contributed by atoms with Crippen LogP contribution in [0.15, 0.2) is 67.0 Å². The van der Waals surface area contributed by atoms with E-state index in [1.54, 1.807) is 19.5 Å². The lowest BCUT2D eigenvalue weighted by atomic mass is 10.1. The van der Waals surface area contributed by atoms with Crippen LogP contribution in [0, 0.1) is 0 Å². The second-order valence-corrected chi connectivity index (χ2v) is 6.19. The number of pyridine rings is 1. The van der Waals surface area contributed by atoms with Gasteiger partial charge in [-0.15, -0.1) is 12.4 Å². The minimum atomic E-state index is 0. The van der Waals surface area contributed by atoms with Crippen molar-refractivity contribution < 1.29 is 9.47 Å². The van der Waals surface area contributed by atoms with E-state index in [2.05, 4.69) is 10.3 Å². The largest absolute Gasteiger partial charge is 0.493 e. The van der Waals surface area contributed by atoms with E-state index in [4.69, 9.17) is 21.1 Å². The summed E-state index contributed by atoms with van der Waals surface area (Å²) in [6.45, 7) is 1.80. The Bertz CT molecular complexity index is 845. The Morgan fingerprint density at radius 2 is 1.67 bits per heavy atom. The predicted octanol–water partition coefficient (Wildman–Crippen LogP) is 5.03. The Balaban J connectivity index is 0.00000261. The van der Waals surface area contributed by atoms with Crippen molar-refractivity contribution in [3.63, 3.8) is 0 Å². The van der Waals surface area contributed by atoms with Crippen molar-refractivity contribution in [3.05, 3.63) is 88.7 Å². The first kappa shape index (κ1) is 21.0. The molecule has 142 valence electrons. The topological polar surface area (TPSA) is 43.4 Å². The first-order chi connectivity index (χ1) is 12.8. The lowest BCUT2D eigenvalue weighted by Crippen LogP contribution is -2.14. The third-order valence-corrected chi connectivity index (χ3v) is 4.37. The number of ether oxygens (including phenoxy) is 2. The molecule has 1 heterocycles. The van der Waals surface area contributed by atoms with Gasteiger partial charge in [-0.3, -0.25) is 4.98 Å². The average Bonchev–Trinajstić information content (AvgIpc) is 2.68. The van der Waals surface area contributed by atoms with Crippen molar-refractivity contribution in [1.82, 2.24) is 10.3 Å². The minimum absolute atomic E-state index is 0. The zero-order chi connectivity index (χ0) is 18.2. The fraction of sp³-hybridized carbons (Fsp3) is 0.190. The van der Waals surface area contributed by atoms with Crippen LogP contribution in [0.1, 0.15) is 16.7 Å². The van der Waals surface area contributed by atoms with Gasteiger partial charge < -0.3 is 14.8 Å². The highest BCUT2D eigenvalue weighted by molar-refractivity contribution is 6.31.